The number of likely N-dealkylation sites (N-methyl/N-ethyl adjacent to an activating group) is 1. The Balaban J connectivity index is 1.34. The third-order valence-electron chi connectivity index (χ3n) is 6.98. The van der Waals surface area contributed by atoms with Crippen molar-refractivity contribution in [2.24, 2.45) is 4.99 Å². The first-order valence-corrected chi connectivity index (χ1v) is 12.9. The van der Waals surface area contributed by atoms with Gasteiger partial charge in [0, 0.05) is 48.4 Å². The molecular weight excluding hydrogens is 520 g/mol. The van der Waals surface area contributed by atoms with Crippen molar-refractivity contribution in [2.75, 3.05) is 45.3 Å². The molecule has 1 saturated heterocycles. The molecule has 0 aromatic heterocycles. The van der Waals surface area contributed by atoms with Gasteiger partial charge in [-0.25, -0.2) is 0 Å². The molecule has 0 saturated carbocycles. The molecule has 0 spiro atoms. The summed E-state index contributed by atoms with van der Waals surface area (Å²) >= 11 is 3.50. The zero-order valence-corrected chi connectivity index (χ0v) is 21.6. The highest BCUT2D eigenvalue weighted by Gasteiger charge is 2.36. The summed E-state index contributed by atoms with van der Waals surface area (Å²) in [6.07, 6.45) is 0. The summed E-state index contributed by atoms with van der Waals surface area (Å²) in [5.74, 6) is 0.744. The lowest BCUT2D eigenvalue weighted by Gasteiger charge is -2.32. The number of benzene rings is 3. The third kappa shape index (κ3) is 4.64. The lowest BCUT2D eigenvalue weighted by molar-refractivity contribution is -0.115. The minimum absolute atomic E-state index is 0.0915. The summed E-state index contributed by atoms with van der Waals surface area (Å²) in [7, 11) is 2.17. The summed E-state index contributed by atoms with van der Waals surface area (Å²) in [5, 5.41) is 3.02. The van der Waals surface area contributed by atoms with Gasteiger partial charge in [0.25, 0.3) is 0 Å². The molecule has 1 unspecified atom stereocenters. The van der Waals surface area contributed by atoms with Crippen molar-refractivity contribution in [3.63, 3.8) is 0 Å². The summed E-state index contributed by atoms with van der Waals surface area (Å²) in [5.41, 5.74) is 5.29. The molecule has 1 N–H and O–H groups in total. The van der Waals surface area contributed by atoms with E-state index < -0.39 is 5.92 Å². The van der Waals surface area contributed by atoms with Gasteiger partial charge in [0.1, 0.15) is 5.92 Å². The molecule has 36 heavy (non-hydrogen) atoms. The maximum Gasteiger partial charge on any atom is 0.238 e. The molecule has 3 heterocycles. The molecular formula is C28H27BrN4O3. The van der Waals surface area contributed by atoms with E-state index in [1.165, 1.54) is 5.56 Å². The van der Waals surface area contributed by atoms with E-state index in [9.17, 15) is 4.79 Å². The normalized spacial score (nSPS) is 19.9. The molecule has 1 fully saturated rings. The fourth-order valence-corrected chi connectivity index (χ4v) is 5.30. The number of nitrogens with zero attached hydrogens (tertiary/aromatic N) is 3. The Morgan fingerprint density at radius 2 is 1.78 bits per heavy atom. The van der Waals surface area contributed by atoms with Crippen LogP contribution in [0, 0.1) is 0 Å². The van der Waals surface area contributed by atoms with Crippen LogP contribution in [0.4, 0.5) is 11.4 Å². The molecule has 0 bridgehead atoms. The zero-order chi connectivity index (χ0) is 24.6. The summed E-state index contributed by atoms with van der Waals surface area (Å²) in [4.78, 5) is 23.1. The SMILES string of the molecule is CN1CCN(Cc2ccc(N=C(c3ccc4c(c3)OCO4)C3C(=O)Nc4cc(Br)ccc43)cc2)CC1. The molecule has 184 valence electrons. The minimum atomic E-state index is -0.529. The molecule has 0 radical (unpaired) electrons. The molecule has 3 aromatic rings. The number of nitrogens with one attached hydrogen (secondary N) is 1. The second kappa shape index (κ2) is 9.69. The first-order valence-electron chi connectivity index (χ1n) is 12.1. The Morgan fingerprint density at radius 3 is 2.58 bits per heavy atom. The van der Waals surface area contributed by atoms with E-state index in [2.05, 4.69) is 50.2 Å². The van der Waals surface area contributed by atoms with Crippen LogP contribution in [0.25, 0.3) is 0 Å². The first kappa shape index (κ1) is 23.2. The second-order valence-corrected chi connectivity index (χ2v) is 10.4. The Morgan fingerprint density at radius 1 is 1.00 bits per heavy atom. The van der Waals surface area contributed by atoms with Crippen molar-refractivity contribution < 1.29 is 14.3 Å². The van der Waals surface area contributed by atoms with Gasteiger partial charge in [-0.05, 0) is 60.6 Å². The molecule has 7 nitrogen and oxygen atoms in total. The minimum Gasteiger partial charge on any atom is -0.454 e. The number of halogens is 1. The smallest absolute Gasteiger partial charge is 0.238 e. The van der Waals surface area contributed by atoms with Crippen LogP contribution < -0.4 is 14.8 Å². The van der Waals surface area contributed by atoms with Crippen molar-refractivity contribution in [1.29, 1.82) is 0 Å². The van der Waals surface area contributed by atoms with Gasteiger partial charge in [-0.3, -0.25) is 14.7 Å². The van der Waals surface area contributed by atoms with Gasteiger partial charge in [0.2, 0.25) is 12.7 Å². The number of fused-ring (bicyclic) bond motifs is 2. The summed E-state index contributed by atoms with van der Waals surface area (Å²) < 4.78 is 12.0. The highest BCUT2D eigenvalue weighted by Crippen LogP contribution is 2.40. The van der Waals surface area contributed by atoms with Crippen LogP contribution in [0.3, 0.4) is 0 Å². The highest BCUT2D eigenvalue weighted by molar-refractivity contribution is 9.10. The molecule has 0 aliphatic carbocycles. The van der Waals surface area contributed by atoms with Crippen molar-refractivity contribution >= 4 is 38.9 Å². The average molecular weight is 547 g/mol. The maximum atomic E-state index is 13.2. The maximum absolute atomic E-state index is 13.2. The van der Waals surface area contributed by atoms with Crippen molar-refractivity contribution in [1.82, 2.24) is 9.80 Å². The van der Waals surface area contributed by atoms with E-state index in [-0.39, 0.29) is 12.7 Å². The van der Waals surface area contributed by atoms with E-state index in [4.69, 9.17) is 14.5 Å². The average Bonchev–Trinajstić information content (AvgIpc) is 3.47. The molecule has 6 rings (SSSR count). The van der Waals surface area contributed by atoms with Gasteiger partial charge in [-0.15, -0.1) is 0 Å². The quantitative estimate of drug-likeness (QED) is 0.466. The second-order valence-electron chi connectivity index (χ2n) is 9.46. The Labute approximate surface area is 218 Å². The van der Waals surface area contributed by atoms with Gasteiger partial charge < -0.3 is 19.7 Å². The van der Waals surface area contributed by atoms with Crippen LogP contribution in [0.2, 0.25) is 0 Å². The fourth-order valence-electron chi connectivity index (χ4n) is 4.94. The fraction of sp³-hybridized carbons (Fsp3) is 0.286. The number of piperazine rings is 1. The Kier molecular flexibility index (Phi) is 6.25. The molecule has 1 amide bonds. The van der Waals surface area contributed by atoms with E-state index in [0.29, 0.717) is 17.2 Å². The predicted molar refractivity (Wildman–Crippen MR) is 143 cm³/mol. The van der Waals surface area contributed by atoms with Gasteiger partial charge in [-0.1, -0.05) is 34.1 Å². The molecule has 3 aliphatic heterocycles. The Bertz CT molecular complexity index is 1330. The number of carbonyl (C=O) groups excluding carboxylic acids is 1. The van der Waals surface area contributed by atoms with Crippen LogP contribution in [0.1, 0.15) is 22.6 Å². The van der Waals surface area contributed by atoms with Gasteiger partial charge >= 0.3 is 0 Å². The first-order chi connectivity index (χ1) is 17.5. The van der Waals surface area contributed by atoms with Crippen molar-refractivity contribution in [3.8, 4) is 11.5 Å². The van der Waals surface area contributed by atoms with E-state index >= 15 is 0 Å². The standard InChI is InChI=1S/C28H27BrN4O3/c1-32-10-12-33(13-11-32)16-18-2-6-21(7-3-18)30-27(19-4-9-24-25(14-19)36-17-35-24)26-22-8-5-20(29)15-23(22)31-28(26)34/h2-9,14-15,26H,10-13,16-17H2,1H3,(H,31,34). The number of hydrogen-bond donors (Lipinski definition) is 1. The molecule has 1 atom stereocenters. The third-order valence-corrected chi connectivity index (χ3v) is 7.47. The van der Waals surface area contributed by atoms with E-state index in [1.807, 2.05) is 48.5 Å². The number of amides is 1. The van der Waals surface area contributed by atoms with E-state index in [1.54, 1.807) is 0 Å². The topological polar surface area (TPSA) is 66.4 Å². The van der Waals surface area contributed by atoms with Crippen LogP contribution in [-0.2, 0) is 11.3 Å². The van der Waals surface area contributed by atoms with Gasteiger partial charge in [0.05, 0.1) is 11.4 Å². The van der Waals surface area contributed by atoms with Gasteiger partial charge in [-0.2, -0.15) is 0 Å². The number of hydrogen-bond acceptors (Lipinski definition) is 6. The number of rotatable bonds is 5. The van der Waals surface area contributed by atoms with Crippen molar-refractivity contribution in [3.05, 3.63) is 81.8 Å². The van der Waals surface area contributed by atoms with Crippen LogP contribution in [-0.4, -0.2) is 61.4 Å². The highest BCUT2D eigenvalue weighted by atomic mass is 79.9. The van der Waals surface area contributed by atoms with Gasteiger partial charge in [0.15, 0.2) is 11.5 Å². The number of ether oxygens (including phenoxy) is 2. The number of carbonyl (C=O) groups is 1. The zero-order valence-electron chi connectivity index (χ0n) is 20.0. The monoisotopic (exact) mass is 546 g/mol. The summed E-state index contributed by atoms with van der Waals surface area (Å²) in [6.45, 7) is 5.49. The lowest BCUT2D eigenvalue weighted by atomic mass is 9.90. The van der Waals surface area contributed by atoms with Crippen molar-refractivity contribution in [2.45, 2.75) is 12.5 Å². The predicted octanol–water partition coefficient (Wildman–Crippen LogP) is 4.78. The Hall–Kier alpha value is -3.20. The van der Waals surface area contributed by atoms with Crippen LogP contribution in [0.15, 0.2) is 70.1 Å². The molecule has 8 heteroatoms. The van der Waals surface area contributed by atoms with E-state index in [0.717, 1.165) is 59.7 Å². The van der Waals surface area contributed by atoms with Crippen LogP contribution in [0.5, 0.6) is 11.5 Å². The number of aliphatic imine (C=N–C) groups is 1. The molecule has 3 aliphatic rings. The summed E-state index contributed by atoms with van der Waals surface area (Å²) in [6, 6.07) is 19.9. The molecule has 3 aromatic carbocycles. The largest absolute Gasteiger partial charge is 0.454 e. The number of anilines is 1. The lowest BCUT2D eigenvalue weighted by Crippen LogP contribution is -2.43. The van der Waals surface area contributed by atoms with Crippen LogP contribution >= 0.6 is 15.9 Å².